The number of benzene rings is 1. The monoisotopic (exact) mass is 186 g/mol. The highest BCUT2D eigenvalue weighted by atomic mass is 14.9. The summed E-state index contributed by atoms with van der Waals surface area (Å²) in [5, 5.41) is 0. The molecular weight excluding hydrogens is 172 g/mol. The third kappa shape index (κ3) is 2.66. The van der Waals surface area contributed by atoms with Crippen LogP contribution in [0.15, 0.2) is 46.9 Å². The average Bonchev–Trinajstić information content (AvgIpc) is 2.19. The van der Waals surface area contributed by atoms with E-state index >= 15 is 0 Å². The molecule has 0 unspecified atom stereocenters. The summed E-state index contributed by atoms with van der Waals surface area (Å²) in [5.41, 5.74) is 2.24. The van der Waals surface area contributed by atoms with Crippen LogP contribution < -0.4 is 0 Å². The minimum atomic E-state index is 0.730. The molecule has 0 radical (unpaired) electrons. The molecule has 0 aliphatic heterocycles. The van der Waals surface area contributed by atoms with Gasteiger partial charge in [0.2, 0.25) is 0 Å². The SMILES string of the molecule is C=CC=NC(=NC)c1cccc(C)c1. The molecule has 2 heteroatoms. The fourth-order valence-corrected chi connectivity index (χ4v) is 1.17. The normalized spacial score (nSPS) is 12.0. The molecule has 0 N–H and O–H groups in total. The molecule has 1 aromatic carbocycles. The first-order valence-electron chi connectivity index (χ1n) is 4.47. The molecule has 0 aliphatic carbocycles. The van der Waals surface area contributed by atoms with Gasteiger partial charge in [-0.3, -0.25) is 4.99 Å². The van der Waals surface area contributed by atoms with Gasteiger partial charge < -0.3 is 0 Å². The predicted molar refractivity (Wildman–Crippen MR) is 62.3 cm³/mol. The topological polar surface area (TPSA) is 24.7 Å². The first-order chi connectivity index (χ1) is 6.77. The van der Waals surface area contributed by atoms with Gasteiger partial charge in [-0.15, -0.1) is 0 Å². The van der Waals surface area contributed by atoms with E-state index in [1.807, 2.05) is 25.1 Å². The van der Waals surface area contributed by atoms with Crippen molar-refractivity contribution in [3.63, 3.8) is 0 Å². The highest BCUT2D eigenvalue weighted by molar-refractivity contribution is 6.04. The third-order valence-corrected chi connectivity index (χ3v) is 1.79. The van der Waals surface area contributed by atoms with E-state index in [1.165, 1.54) is 5.56 Å². The molecular formula is C12H14N2. The van der Waals surface area contributed by atoms with E-state index in [2.05, 4.69) is 22.6 Å². The summed E-state index contributed by atoms with van der Waals surface area (Å²) in [7, 11) is 1.73. The van der Waals surface area contributed by atoms with Crippen LogP contribution in [0.4, 0.5) is 0 Å². The van der Waals surface area contributed by atoms with Crippen LogP contribution in [0.3, 0.4) is 0 Å². The van der Waals surface area contributed by atoms with Crippen LogP contribution in [-0.2, 0) is 0 Å². The lowest BCUT2D eigenvalue weighted by Gasteiger charge is -2.00. The lowest BCUT2D eigenvalue weighted by molar-refractivity contribution is 1.37. The first kappa shape index (κ1) is 10.4. The Kier molecular flexibility index (Phi) is 3.80. The summed E-state index contributed by atoms with van der Waals surface area (Å²) >= 11 is 0. The Labute approximate surface area is 84.7 Å². The molecule has 0 fully saturated rings. The standard InChI is InChI=1S/C12H14N2/c1-4-8-14-12(13-3)11-7-5-6-10(2)9-11/h4-9H,1H2,2-3H3. The van der Waals surface area contributed by atoms with E-state index in [9.17, 15) is 0 Å². The van der Waals surface area contributed by atoms with Crippen LogP contribution >= 0.6 is 0 Å². The Morgan fingerprint density at radius 2 is 2.21 bits per heavy atom. The second kappa shape index (κ2) is 5.12. The number of hydrogen-bond donors (Lipinski definition) is 0. The van der Waals surface area contributed by atoms with Crippen molar-refractivity contribution in [2.24, 2.45) is 9.98 Å². The Morgan fingerprint density at radius 1 is 1.43 bits per heavy atom. The predicted octanol–water partition coefficient (Wildman–Crippen LogP) is 2.63. The van der Waals surface area contributed by atoms with Crippen molar-refractivity contribution in [2.45, 2.75) is 6.92 Å². The van der Waals surface area contributed by atoms with Crippen LogP contribution in [0.5, 0.6) is 0 Å². The summed E-state index contributed by atoms with van der Waals surface area (Å²) in [6, 6.07) is 8.10. The van der Waals surface area contributed by atoms with Gasteiger partial charge in [0.1, 0.15) is 0 Å². The highest BCUT2D eigenvalue weighted by Gasteiger charge is 1.98. The molecule has 2 nitrogen and oxygen atoms in total. The fraction of sp³-hybridized carbons (Fsp3) is 0.167. The highest BCUT2D eigenvalue weighted by Crippen LogP contribution is 2.06. The lowest BCUT2D eigenvalue weighted by Crippen LogP contribution is -1.97. The van der Waals surface area contributed by atoms with E-state index < -0.39 is 0 Å². The van der Waals surface area contributed by atoms with Gasteiger partial charge in [-0.1, -0.05) is 36.4 Å². The maximum atomic E-state index is 4.18. The zero-order valence-electron chi connectivity index (χ0n) is 8.57. The van der Waals surface area contributed by atoms with Gasteiger partial charge in [0.15, 0.2) is 5.84 Å². The van der Waals surface area contributed by atoms with E-state index in [1.54, 1.807) is 19.3 Å². The fourth-order valence-electron chi connectivity index (χ4n) is 1.17. The van der Waals surface area contributed by atoms with Gasteiger partial charge >= 0.3 is 0 Å². The molecule has 0 heterocycles. The van der Waals surface area contributed by atoms with Gasteiger partial charge in [-0.05, 0) is 13.0 Å². The van der Waals surface area contributed by atoms with Crippen LogP contribution in [-0.4, -0.2) is 19.1 Å². The smallest absolute Gasteiger partial charge is 0.154 e. The first-order valence-corrected chi connectivity index (χ1v) is 4.47. The van der Waals surface area contributed by atoms with E-state index in [4.69, 9.17) is 0 Å². The Bertz CT molecular complexity index is 376. The van der Waals surface area contributed by atoms with E-state index in [0.29, 0.717) is 0 Å². The third-order valence-electron chi connectivity index (χ3n) is 1.79. The zero-order valence-corrected chi connectivity index (χ0v) is 8.57. The molecule has 0 saturated heterocycles. The molecule has 1 rings (SSSR count). The van der Waals surface area contributed by atoms with Crippen molar-refractivity contribution >= 4 is 12.1 Å². The lowest BCUT2D eigenvalue weighted by atomic mass is 10.1. The molecule has 0 atom stereocenters. The number of allylic oxidation sites excluding steroid dienone is 1. The minimum Gasteiger partial charge on any atom is -0.270 e. The van der Waals surface area contributed by atoms with Gasteiger partial charge in [0.25, 0.3) is 0 Å². The number of aryl methyl sites for hydroxylation is 1. The second-order valence-corrected chi connectivity index (χ2v) is 2.93. The van der Waals surface area contributed by atoms with Crippen LogP contribution in [0.25, 0.3) is 0 Å². The van der Waals surface area contributed by atoms with Crippen LogP contribution in [0.2, 0.25) is 0 Å². The van der Waals surface area contributed by atoms with Gasteiger partial charge in [-0.25, -0.2) is 4.99 Å². The van der Waals surface area contributed by atoms with Gasteiger partial charge in [0, 0.05) is 18.8 Å². The minimum absolute atomic E-state index is 0.730. The van der Waals surface area contributed by atoms with Crippen LogP contribution in [0, 0.1) is 6.92 Å². The molecule has 0 saturated carbocycles. The summed E-state index contributed by atoms with van der Waals surface area (Å²) in [6.07, 6.45) is 3.28. The van der Waals surface area contributed by atoms with Crippen molar-refractivity contribution in [1.82, 2.24) is 0 Å². The number of nitrogens with zero attached hydrogens (tertiary/aromatic N) is 2. The van der Waals surface area contributed by atoms with E-state index in [0.717, 1.165) is 11.4 Å². The van der Waals surface area contributed by atoms with E-state index in [-0.39, 0.29) is 0 Å². The maximum absolute atomic E-state index is 4.18. The molecule has 0 aliphatic rings. The Morgan fingerprint density at radius 3 is 2.79 bits per heavy atom. The van der Waals surface area contributed by atoms with Crippen molar-refractivity contribution in [3.8, 4) is 0 Å². The summed E-state index contributed by atoms with van der Waals surface area (Å²) in [4.78, 5) is 8.29. The largest absolute Gasteiger partial charge is 0.270 e. The number of amidine groups is 1. The Balaban J connectivity index is 3.02. The number of aliphatic imine (C=N–C) groups is 2. The maximum Gasteiger partial charge on any atom is 0.154 e. The van der Waals surface area contributed by atoms with Crippen molar-refractivity contribution in [2.75, 3.05) is 7.05 Å². The Hall–Kier alpha value is -1.70. The summed E-state index contributed by atoms with van der Waals surface area (Å²) in [5.74, 6) is 0.730. The average molecular weight is 186 g/mol. The van der Waals surface area contributed by atoms with Crippen molar-refractivity contribution < 1.29 is 0 Å². The van der Waals surface area contributed by atoms with Gasteiger partial charge in [-0.2, -0.15) is 0 Å². The number of hydrogen-bond acceptors (Lipinski definition) is 1. The van der Waals surface area contributed by atoms with Crippen LogP contribution in [0.1, 0.15) is 11.1 Å². The number of rotatable bonds is 2. The molecule has 0 spiro atoms. The molecule has 0 aromatic heterocycles. The molecule has 0 bridgehead atoms. The summed E-state index contributed by atoms with van der Waals surface area (Å²) < 4.78 is 0. The van der Waals surface area contributed by atoms with Crippen molar-refractivity contribution in [3.05, 3.63) is 48.0 Å². The molecule has 1 aromatic rings. The second-order valence-electron chi connectivity index (χ2n) is 2.93. The van der Waals surface area contributed by atoms with Crippen molar-refractivity contribution in [1.29, 1.82) is 0 Å². The van der Waals surface area contributed by atoms with Gasteiger partial charge in [0.05, 0.1) is 0 Å². The zero-order chi connectivity index (χ0) is 10.4. The summed E-state index contributed by atoms with van der Waals surface area (Å²) in [6.45, 7) is 5.62. The molecule has 14 heavy (non-hydrogen) atoms. The molecule has 72 valence electrons. The quantitative estimate of drug-likeness (QED) is 0.501. The molecule has 0 amide bonds.